The highest BCUT2D eigenvalue weighted by atomic mass is 16.5. The third-order valence-corrected chi connectivity index (χ3v) is 5.06. The Bertz CT molecular complexity index is 1270. The Morgan fingerprint density at radius 3 is 2.17 bits per heavy atom. The van der Waals surface area contributed by atoms with Crippen LogP contribution < -0.4 is 29.1 Å². The van der Waals surface area contributed by atoms with Crippen molar-refractivity contribution in [2.45, 2.75) is 19.4 Å². The molecule has 2 heterocycles. The molecule has 2 aromatic carbocycles. The number of aromatic hydroxyl groups is 1. The zero-order valence-electron chi connectivity index (χ0n) is 17.5. The van der Waals surface area contributed by atoms with E-state index in [4.69, 9.17) is 28.1 Å². The van der Waals surface area contributed by atoms with Gasteiger partial charge in [0.15, 0.2) is 28.4 Å². The van der Waals surface area contributed by atoms with E-state index < -0.39 is 11.0 Å². The highest BCUT2D eigenvalue weighted by molar-refractivity contribution is 6.04. The molecule has 0 fully saturated rings. The topological polar surface area (TPSA) is 96.6 Å². The molecule has 0 atom stereocenters. The van der Waals surface area contributed by atoms with E-state index in [0.717, 1.165) is 0 Å². The third-order valence-electron chi connectivity index (χ3n) is 5.06. The monoisotopic (exact) mass is 414 g/mol. The van der Waals surface area contributed by atoms with Crippen LogP contribution in [0.4, 0.5) is 0 Å². The number of rotatable bonds is 4. The highest BCUT2D eigenvalue weighted by Gasteiger charge is 2.33. The fraction of sp³-hybridized carbons (Fsp3) is 0.318. The fourth-order valence-corrected chi connectivity index (χ4v) is 3.67. The molecule has 8 heteroatoms. The summed E-state index contributed by atoms with van der Waals surface area (Å²) in [6.45, 7) is 3.73. The summed E-state index contributed by atoms with van der Waals surface area (Å²) in [7, 11) is 5.74. The van der Waals surface area contributed by atoms with Gasteiger partial charge in [0, 0.05) is 6.07 Å². The van der Waals surface area contributed by atoms with Crippen molar-refractivity contribution in [2.75, 3.05) is 28.4 Å². The molecule has 0 aliphatic carbocycles. The Hall–Kier alpha value is -3.55. The minimum absolute atomic E-state index is 0.0448. The Labute approximate surface area is 172 Å². The fourth-order valence-electron chi connectivity index (χ4n) is 3.67. The lowest BCUT2D eigenvalue weighted by Crippen LogP contribution is -2.28. The van der Waals surface area contributed by atoms with Crippen LogP contribution in [0.15, 0.2) is 21.4 Å². The van der Waals surface area contributed by atoms with E-state index in [0.29, 0.717) is 11.3 Å². The van der Waals surface area contributed by atoms with E-state index in [2.05, 4.69) is 0 Å². The zero-order valence-corrected chi connectivity index (χ0v) is 17.5. The smallest absolute Gasteiger partial charge is 0.208 e. The second kappa shape index (κ2) is 6.76. The van der Waals surface area contributed by atoms with Gasteiger partial charge in [0.05, 0.1) is 34.0 Å². The van der Waals surface area contributed by atoms with Crippen LogP contribution in [0.25, 0.3) is 28.0 Å². The molecule has 0 bridgehead atoms. The van der Waals surface area contributed by atoms with E-state index >= 15 is 0 Å². The predicted molar refractivity (Wildman–Crippen MR) is 112 cm³/mol. The summed E-state index contributed by atoms with van der Waals surface area (Å²) in [6.07, 6.45) is 3.61. The number of benzene rings is 2. The molecule has 1 N–H and O–H groups in total. The zero-order chi connectivity index (χ0) is 21.8. The third kappa shape index (κ3) is 2.63. The lowest BCUT2D eigenvalue weighted by molar-refractivity contribution is 0.151. The molecule has 1 aliphatic heterocycles. The minimum Gasteiger partial charge on any atom is -0.504 e. The highest BCUT2D eigenvalue weighted by Crippen LogP contribution is 2.51. The van der Waals surface area contributed by atoms with Gasteiger partial charge in [-0.3, -0.25) is 4.79 Å². The second-order valence-corrected chi connectivity index (χ2v) is 7.32. The second-order valence-electron chi connectivity index (χ2n) is 7.32. The van der Waals surface area contributed by atoms with Gasteiger partial charge in [-0.15, -0.1) is 0 Å². The van der Waals surface area contributed by atoms with Crippen molar-refractivity contribution in [3.05, 3.63) is 27.9 Å². The van der Waals surface area contributed by atoms with Crippen LogP contribution in [0.3, 0.4) is 0 Å². The van der Waals surface area contributed by atoms with Crippen LogP contribution in [0.2, 0.25) is 0 Å². The van der Waals surface area contributed by atoms with Gasteiger partial charge in [-0.05, 0) is 26.0 Å². The molecule has 4 rings (SSSR count). The quantitative estimate of drug-likeness (QED) is 0.643. The molecule has 0 spiro atoms. The first-order chi connectivity index (χ1) is 14.3. The standard InChI is InChI=1S/C22H22O8/c1-22(2)8-7-10-17-14(16(24)21(28-6)18(10)30-22)15(23)13-11(25-3)9-12(26-4)19(27-5)20(13)29-17/h7-9,24H,1-6H3. The van der Waals surface area contributed by atoms with Gasteiger partial charge in [-0.1, -0.05) is 0 Å². The summed E-state index contributed by atoms with van der Waals surface area (Å²) in [5.41, 5.74) is -0.387. The van der Waals surface area contributed by atoms with Crippen LogP contribution in [-0.2, 0) is 0 Å². The summed E-state index contributed by atoms with van der Waals surface area (Å²) in [6, 6.07) is 1.53. The Morgan fingerprint density at radius 1 is 0.900 bits per heavy atom. The maximum absolute atomic E-state index is 13.5. The van der Waals surface area contributed by atoms with Gasteiger partial charge in [0.1, 0.15) is 22.1 Å². The first kappa shape index (κ1) is 19.8. The molecule has 8 nitrogen and oxygen atoms in total. The van der Waals surface area contributed by atoms with Crippen LogP contribution in [0, 0.1) is 0 Å². The Balaban J connectivity index is 2.28. The molecule has 0 saturated heterocycles. The molecule has 0 saturated carbocycles. The maximum Gasteiger partial charge on any atom is 0.208 e. The minimum atomic E-state index is -0.637. The average Bonchev–Trinajstić information content (AvgIpc) is 2.71. The van der Waals surface area contributed by atoms with Crippen LogP contribution in [0.1, 0.15) is 19.4 Å². The van der Waals surface area contributed by atoms with Crippen molar-refractivity contribution in [3.63, 3.8) is 0 Å². The molecule has 158 valence electrons. The van der Waals surface area contributed by atoms with Crippen molar-refractivity contribution in [1.29, 1.82) is 0 Å². The molecule has 0 amide bonds. The molecule has 0 radical (unpaired) electrons. The van der Waals surface area contributed by atoms with Crippen molar-refractivity contribution in [3.8, 4) is 34.5 Å². The van der Waals surface area contributed by atoms with Crippen molar-refractivity contribution in [1.82, 2.24) is 0 Å². The van der Waals surface area contributed by atoms with E-state index in [1.54, 1.807) is 6.08 Å². The molecular formula is C22H22O8. The van der Waals surface area contributed by atoms with Gasteiger partial charge in [-0.2, -0.15) is 0 Å². The van der Waals surface area contributed by atoms with E-state index in [1.165, 1.54) is 34.5 Å². The predicted octanol–water partition coefficient (Wildman–Crippen LogP) is 3.87. The van der Waals surface area contributed by atoms with Crippen molar-refractivity contribution in [2.24, 2.45) is 0 Å². The van der Waals surface area contributed by atoms with Gasteiger partial charge in [0.25, 0.3) is 0 Å². The largest absolute Gasteiger partial charge is 0.504 e. The summed E-state index contributed by atoms with van der Waals surface area (Å²) in [5, 5.41) is 11.0. The lowest BCUT2D eigenvalue weighted by atomic mass is 9.98. The number of hydrogen-bond acceptors (Lipinski definition) is 8. The van der Waals surface area contributed by atoms with Crippen LogP contribution >= 0.6 is 0 Å². The molecular weight excluding hydrogens is 392 g/mol. The maximum atomic E-state index is 13.5. The summed E-state index contributed by atoms with van der Waals surface area (Å²) in [4.78, 5) is 13.5. The van der Waals surface area contributed by atoms with Gasteiger partial charge >= 0.3 is 0 Å². The van der Waals surface area contributed by atoms with Crippen LogP contribution in [0.5, 0.6) is 34.5 Å². The first-order valence-corrected chi connectivity index (χ1v) is 9.18. The number of phenols is 1. The van der Waals surface area contributed by atoms with Gasteiger partial charge in [0.2, 0.25) is 16.9 Å². The van der Waals surface area contributed by atoms with E-state index in [9.17, 15) is 9.90 Å². The van der Waals surface area contributed by atoms with Gasteiger partial charge in [-0.25, -0.2) is 0 Å². The van der Waals surface area contributed by atoms with E-state index in [-0.39, 0.29) is 50.7 Å². The van der Waals surface area contributed by atoms with E-state index in [1.807, 2.05) is 19.9 Å². The number of phenolic OH excluding ortho intramolecular Hbond substituents is 1. The summed E-state index contributed by atoms with van der Waals surface area (Å²) in [5.74, 6) is 0.765. The number of methoxy groups -OCH3 is 4. The molecule has 3 aromatic rings. The molecule has 30 heavy (non-hydrogen) atoms. The molecule has 0 unspecified atom stereocenters. The van der Waals surface area contributed by atoms with Gasteiger partial charge < -0.3 is 33.2 Å². The molecule has 1 aromatic heterocycles. The SMILES string of the molecule is COc1cc(OC)c2c(=O)c3c(O)c(OC)c4c(c3oc2c1OC)C=CC(C)(C)O4. The summed E-state index contributed by atoms with van der Waals surface area (Å²) >= 11 is 0. The lowest BCUT2D eigenvalue weighted by Gasteiger charge is -2.29. The Morgan fingerprint density at radius 2 is 1.57 bits per heavy atom. The van der Waals surface area contributed by atoms with Crippen molar-refractivity contribution >= 4 is 28.0 Å². The first-order valence-electron chi connectivity index (χ1n) is 9.18. The van der Waals surface area contributed by atoms with Crippen molar-refractivity contribution < 1.29 is 33.2 Å². The summed E-state index contributed by atoms with van der Waals surface area (Å²) < 4.78 is 33.8. The number of ether oxygens (including phenoxy) is 5. The average molecular weight is 414 g/mol. The van der Waals surface area contributed by atoms with Crippen LogP contribution in [-0.4, -0.2) is 39.1 Å². The number of hydrogen-bond donors (Lipinski definition) is 1. The normalized spacial score (nSPS) is 14.3. The Kier molecular flexibility index (Phi) is 4.45. The molecule has 1 aliphatic rings. The number of fused-ring (bicyclic) bond motifs is 4.